The highest BCUT2D eigenvalue weighted by atomic mass is 32.1. The number of hydrogen-bond donors (Lipinski definition) is 0. The second kappa shape index (κ2) is 11.6. The fourth-order valence-electron chi connectivity index (χ4n) is 4.76. The predicted molar refractivity (Wildman–Crippen MR) is 167 cm³/mol. The molecule has 0 N–H and O–H groups in total. The highest BCUT2D eigenvalue weighted by Gasteiger charge is 2.44. The molecule has 6 rings (SSSR count). The number of allylic oxidation sites excluding steroid dienone is 3. The van der Waals surface area contributed by atoms with Gasteiger partial charge in [0.2, 0.25) is 0 Å². The van der Waals surface area contributed by atoms with Gasteiger partial charge in [0, 0.05) is 15.5 Å². The molecule has 1 heterocycles. The minimum absolute atomic E-state index is 0.151. The molecule has 0 atom stereocenters. The first-order valence-corrected chi connectivity index (χ1v) is 16.2. The van der Waals surface area contributed by atoms with Gasteiger partial charge in [-0.25, -0.2) is 0 Å². The van der Waals surface area contributed by atoms with Gasteiger partial charge in [0.05, 0.1) is 5.57 Å². The molecule has 0 radical (unpaired) electrons. The van der Waals surface area contributed by atoms with Gasteiger partial charge in [0.25, 0.3) is 0 Å². The number of hydrogen-bond acceptors (Lipinski definition) is 3. The summed E-state index contributed by atoms with van der Waals surface area (Å²) in [5.41, 5.74) is 0.265. The molecule has 0 amide bonds. The minimum atomic E-state index is -1.27. The van der Waals surface area contributed by atoms with Crippen molar-refractivity contribution in [2.45, 2.75) is 0 Å². The van der Waals surface area contributed by atoms with Gasteiger partial charge in [0.15, 0.2) is 11.6 Å². The van der Waals surface area contributed by atoms with Crippen LogP contribution in [0.3, 0.4) is 0 Å². The van der Waals surface area contributed by atoms with E-state index in [9.17, 15) is 9.59 Å². The summed E-state index contributed by atoms with van der Waals surface area (Å²) in [6, 6.07) is 44.5. The van der Waals surface area contributed by atoms with Crippen molar-refractivity contribution in [1.29, 1.82) is 0 Å². The lowest BCUT2D eigenvalue weighted by Crippen LogP contribution is -2.18. The van der Waals surface area contributed by atoms with Crippen molar-refractivity contribution in [3.05, 3.63) is 160 Å². The maximum atomic E-state index is 14.5. The van der Waals surface area contributed by atoms with E-state index >= 15 is 0 Å². The number of ketones is 2. The average Bonchev–Trinajstić information content (AvgIpc) is 3.59. The van der Waals surface area contributed by atoms with Crippen molar-refractivity contribution in [1.82, 2.24) is 0 Å². The molecule has 0 saturated heterocycles. The third kappa shape index (κ3) is 5.14. The van der Waals surface area contributed by atoms with Crippen molar-refractivity contribution in [3.8, 4) is 0 Å². The highest BCUT2D eigenvalue weighted by Crippen LogP contribution is 2.58. The molecule has 0 aliphatic heterocycles. The van der Waals surface area contributed by atoms with Crippen molar-refractivity contribution < 1.29 is 9.59 Å². The molecule has 0 spiro atoms. The first-order valence-electron chi connectivity index (χ1n) is 12.6. The maximum absolute atomic E-state index is 14.5. The van der Waals surface area contributed by atoms with Crippen molar-refractivity contribution >= 4 is 66.0 Å². The zero-order valence-corrected chi connectivity index (χ0v) is 23.6. The molecule has 188 valence electrons. The van der Waals surface area contributed by atoms with Crippen LogP contribution in [0.15, 0.2) is 155 Å². The second-order valence-corrected chi connectivity index (χ2v) is 14.2. The number of carbonyl (C=O) groups excluding carboxylic acids is 2. The Bertz CT molecular complexity index is 1480. The molecule has 0 bridgehead atoms. The molecular weight excluding hydrogens is 534 g/mol. The Labute approximate surface area is 234 Å². The van der Waals surface area contributed by atoms with Crippen LogP contribution in [0.25, 0.3) is 6.08 Å². The van der Waals surface area contributed by atoms with E-state index in [2.05, 4.69) is 48.5 Å². The molecule has 0 unspecified atom stereocenters. The fraction of sp³-hybridized carbons (Fsp3) is 0. The summed E-state index contributed by atoms with van der Waals surface area (Å²) in [7, 11) is -2.54. The molecule has 1 aliphatic carbocycles. The van der Waals surface area contributed by atoms with E-state index in [1.807, 2.05) is 90.3 Å². The molecule has 39 heavy (non-hydrogen) atoms. The third-order valence-electron chi connectivity index (χ3n) is 6.48. The quantitative estimate of drug-likeness (QED) is 0.126. The average molecular weight is 559 g/mol. The van der Waals surface area contributed by atoms with Crippen LogP contribution in [0.5, 0.6) is 0 Å². The molecule has 5 aromatic rings. The van der Waals surface area contributed by atoms with Gasteiger partial charge in [-0.2, -0.15) is 0 Å². The van der Waals surface area contributed by atoms with Crippen LogP contribution in [0, 0.1) is 0 Å². The van der Waals surface area contributed by atoms with E-state index in [1.54, 1.807) is 6.08 Å². The lowest BCUT2D eigenvalue weighted by molar-refractivity contribution is -0.115. The molecule has 4 aromatic carbocycles. The van der Waals surface area contributed by atoms with E-state index < -0.39 is 15.8 Å². The standard InChI is InChI=1S/C34H24O2P2S/c35-31-30(24-29-22-13-23-39-29)32(36)34(38(27-18-9-3-10-19-27)28-20-11-4-12-21-28)33(31)37(25-14-5-1-6-15-25)26-16-7-2-8-17-26/h1-24H. The van der Waals surface area contributed by atoms with Gasteiger partial charge in [0.1, 0.15) is 0 Å². The van der Waals surface area contributed by atoms with E-state index in [-0.39, 0.29) is 17.1 Å². The zero-order chi connectivity index (χ0) is 26.6. The van der Waals surface area contributed by atoms with E-state index in [0.29, 0.717) is 10.6 Å². The smallest absolute Gasteiger partial charge is 0.198 e. The normalized spacial score (nSPS) is 13.5. The van der Waals surface area contributed by atoms with Gasteiger partial charge in [-0.05, 0) is 54.6 Å². The van der Waals surface area contributed by atoms with Gasteiger partial charge < -0.3 is 0 Å². The Morgan fingerprint density at radius 2 is 0.821 bits per heavy atom. The summed E-state index contributed by atoms with van der Waals surface area (Å²) in [4.78, 5) is 29.9. The summed E-state index contributed by atoms with van der Waals surface area (Å²) < 4.78 is 0. The monoisotopic (exact) mass is 558 g/mol. The van der Waals surface area contributed by atoms with Crippen molar-refractivity contribution in [2.75, 3.05) is 0 Å². The molecular formula is C34H24O2P2S. The van der Waals surface area contributed by atoms with E-state index in [4.69, 9.17) is 0 Å². The molecule has 0 fully saturated rings. The summed E-state index contributed by atoms with van der Waals surface area (Å²) in [6.07, 6.45) is 1.79. The highest BCUT2D eigenvalue weighted by molar-refractivity contribution is 7.82. The summed E-state index contributed by atoms with van der Waals surface area (Å²) >= 11 is 1.53. The van der Waals surface area contributed by atoms with Crippen LogP contribution in [0.4, 0.5) is 0 Å². The summed E-state index contributed by atoms with van der Waals surface area (Å²) in [6.45, 7) is 0. The molecule has 2 nitrogen and oxygen atoms in total. The molecule has 0 saturated carbocycles. The van der Waals surface area contributed by atoms with E-state index in [0.717, 1.165) is 26.1 Å². The maximum Gasteiger partial charge on any atom is 0.198 e. The number of benzene rings is 4. The largest absolute Gasteiger partial charge is 0.288 e. The number of Topliss-reactive ketones (excluding diaryl/α,β-unsaturated/α-hetero) is 2. The minimum Gasteiger partial charge on any atom is -0.288 e. The van der Waals surface area contributed by atoms with Crippen molar-refractivity contribution in [2.24, 2.45) is 0 Å². The van der Waals surface area contributed by atoms with Crippen molar-refractivity contribution in [3.63, 3.8) is 0 Å². The second-order valence-electron chi connectivity index (χ2n) is 8.94. The Hall–Kier alpha value is -3.74. The first kappa shape index (κ1) is 25.5. The lowest BCUT2D eigenvalue weighted by Gasteiger charge is -2.25. The van der Waals surface area contributed by atoms with Crippen LogP contribution < -0.4 is 21.2 Å². The number of thiophene rings is 1. The third-order valence-corrected chi connectivity index (χ3v) is 12.5. The van der Waals surface area contributed by atoms with Gasteiger partial charge >= 0.3 is 0 Å². The predicted octanol–water partition coefficient (Wildman–Crippen LogP) is 6.76. The zero-order valence-electron chi connectivity index (χ0n) is 21.0. The lowest BCUT2D eigenvalue weighted by atomic mass is 10.1. The first-order chi connectivity index (χ1) is 19.2. The topological polar surface area (TPSA) is 34.1 Å². The molecule has 1 aromatic heterocycles. The fourth-order valence-corrected chi connectivity index (χ4v) is 10.8. The van der Waals surface area contributed by atoms with Crippen LogP contribution in [-0.4, -0.2) is 11.6 Å². The summed E-state index contributed by atoms with van der Waals surface area (Å²) in [5, 5.41) is 7.49. The van der Waals surface area contributed by atoms with Crippen LogP contribution in [0.2, 0.25) is 0 Å². The SMILES string of the molecule is O=C1C(=Cc2cccs2)C(=O)C(P(c2ccccc2)c2ccccc2)=C1P(c1ccccc1)c1ccccc1. The Balaban J connectivity index is 1.67. The Morgan fingerprint density at radius 3 is 1.13 bits per heavy atom. The van der Waals surface area contributed by atoms with Gasteiger partial charge in [-0.1, -0.05) is 127 Å². The molecule has 5 heteroatoms. The van der Waals surface area contributed by atoms with Crippen LogP contribution in [-0.2, 0) is 9.59 Å². The number of rotatable bonds is 7. The Kier molecular flexibility index (Phi) is 7.57. The van der Waals surface area contributed by atoms with E-state index in [1.165, 1.54) is 11.3 Å². The van der Waals surface area contributed by atoms with Crippen LogP contribution in [0.1, 0.15) is 4.88 Å². The van der Waals surface area contributed by atoms with Crippen LogP contribution >= 0.6 is 27.2 Å². The number of carbonyl (C=O) groups is 2. The molecule has 1 aliphatic rings. The van der Waals surface area contributed by atoms with Gasteiger partial charge in [-0.3, -0.25) is 9.59 Å². The van der Waals surface area contributed by atoms with Gasteiger partial charge in [-0.15, -0.1) is 11.3 Å². The summed E-state index contributed by atoms with van der Waals surface area (Å²) in [5.74, 6) is -0.303. The Morgan fingerprint density at radius 1 is 0.462 bits per heavy atom.